The number of aromatic nitrogens is 1. The molecule has 3 rings (SSSR count). The Balaban J connectivity index is 1.63. The Kier molecular flexibility index (Phi) is 6.66. The Hall–Kier alpha value is -2.59. The van der Waals surface area contributed by atoms with E-state index < -0.39 is 0 Å². The molecule has 27 heavy (non-hydrogen) atoms. The minimum Gasteiger partial charge on any atom is -0.349 e. The van der Waals surface area contributed by atoms with Gasteiger partial charge in [0.25, 0.3) is 5.91 Å². The zero-order chi connectivity index (χ0) is 19.1. The first-order valence-electron chi connectivity index (χ1n) is 9.16. The predicted molar refractivity (Wildman–Crippen MR) is 111 cm³/mol. The number of carbonyl (C=O) groups is 1. The van der Waals surface area contributed by atoms with Crippen molar-refractivity contribution in [3.63, 3.8) is 0 Å². The van der Waals surface area contributed by atoms with Crippen LogP contribution in [0, 0.1) is 6.92 Å². The second-order valence-electron chi connectivity index (χ2n) is 6.67. The van der Waals surface area contributed by atoms with Crippen molar-refractivity contribution in [3.8, 4) is 0 Å². The van der Waals surface area contributed by atoms with Crippen molar-refractivity contribution in [3.05, 3.63) is 89.6 Å². The molecule has 0 aliphatic carbocycles. The van der Waals surface area contributed by atoms with Gasteiger partial charge < -0.3 is 5.32 Å². The fraction of sp³-hybridized carbons (Fsp3) is 0.217. The summed E-state index contributed by atoms with van der Waals surface area (Å²) in [6.45, 7) is 4.11. The molecule has 0 spiro atoms. The third kappa shape index (κ3) is 5.69. The Bertz CT molecular complexity index is 878. The largest absolute Gasteiger partial charge is 0.349 e. The summed E-state index contributed by atoms with van der Waals surface area (Å²) < 4.78 is 0. The molecule has 1 aromatic heterocycles. The number of pyridine rings is 1. The summed E-state index contributed by atoms with van der Waals surface area (Å²) in [6, 6.07) is 22.3. The second kappa shape index (κ2) is 9.38. The molecule has 0 bridgehead atoms. The highest BCUT2D eigenvalue weighted by Crippen LogP contribution is 2.28. The summed E-state index contributed by atoms with van der Waals surface area (Å²) in [5, 5.41) is 3.84. The molecule has 0 saturated carbocycles. The van der Waals surface area contributed by atoms with E-state index in [2.05, 4.69) is 53.6 Å². The van der Waals surface area contributed by atoms with Gasteiger partial charge in [-0.2, -0.15) is 0 Å². The number of hydrogen-bond donors (Lipinski definition) is 1. The standard InChI is InChI=1S/C23H24N2OS/c1-17-10-14-20(15-11-17)27-23-21(9-6-16-24-23)22(26)25-18(2)12-13-19-7-4-3-5-8-19/h3-11,14-16,18H,12-13H2,1-2H3,(H,25,26)/t18-/m1/s1. The van der Waals surface area contributed by atoms with E-state index in [-0.39, 0.29) is 11.9 Å². The van der Waals surface area contributed by atoms with Crippen LogP contribution in [0.15, 0.2) is 82.8 Å². The maximum Gasteiger partial charge on any atom is 0.254 e. The molecule has 3 nitrogen and oxygen atoms in total. The molecule has 0 aliphatic heterocycles. The molecular weight excluding hydrogens is 352 g/mol. The highest BCUT2D eigenvalue weighted by atomic mass is 32.2. The van der Waals surface area contributed by atoms with Gasteiger partial charge in [0.15, 0.2) is 0 Å². The van der Waals surface area contributed by atoms with Crippen LogP contribution in [-0.4, -0.2) is 16.9 Å². The number of nitrogens with zero attached hydrogens (tertiary/aromatic N) is 1. The van der Waals surface area contributed by atoms with Crippen LogP contribution in [0.2, 0.25) is 0 Å². The highest BCUT2D eigenvalue weighted by molar-refractivity contribution is 7.99. The van der Waals surface area contributed by atoms with E-state index in [1.807, 2.05) is 37.3 Å². The fourth-order valence-corrected chi connectivity index (χ4v) is 3.64. The minimum absolute atomic E-state index is 0.0710. The van der Waals surface area contributed by atoms with E-state index in [0.29, 0.717) is 5.56 Å². The molecule has 0 saturated heterocycles. The molecule has 0 aliphatic rings. The summed E-state index contributed by atoms with van der Waals surface area (Å²) in [4.78, 5) is 18.3. The van der Waals surface area contributed by atoms with E-state index in [4.69, 9.17) is 0 Å². The number of carbonyl (C=O) groups excluding carboxylic acids is 1. The fourth-order valence-electron chi connectivity index (χ4n) is 2.76. The molecule has 0 unspecified atom stereocenters. The highest BCUT2D eigenvalue weighted by Gasteiger charge is 2.15. The zero-order valence-corrected chi connectivity index (χ0v) is 16.5. The second-order valence-corrected chi connectivity index (χ2v) is 7.73. The Labute approximate surface area is 165 Å². The summed E-state index contributed by atoms with van der Waals surface area (Å²) >= 11 is 1.52. The number of amides is 1. The Morgan fingerprint density at radius 3 is 2.52 bits per heavy atom. The molecule has 0 fully saturated rings. The number of aryl methyl sites for hydroxylation is 2. The van der Waals surface area contributed by atoms with Gasteiger partial charge in [-0.05, 0) is 56.5 Å². The topological polar surface area (TPSA) is 42.0 Å². The molecule has 1 heterocycles. The van der Waals surface area contributed by atoms with Crippen LogP contribution < -0.4 is 5.32 Å². The van der Waals surface area contributed by atoms with E-state index >= 15 is 0 Å². The number of rotatable bonds is 7. The van der Waals surface area contributed by atoms with Crippen molar-refractivity contribution < 1.29 is 4.79 Å². The number of nitrogens with one attached hydrogen (secondary N) is 1. The van der Waals surface area contributed by atoms with Crippen LogP contribution in [0.5, 0.6) is 0 Å². The summed E-state index contributed by atoms with van der Waals surface area (Å²) in [5.41, 5.74) is 3.12. The molecule has 1 N–H and O–H groups in total. The Morgan fingerprint density at radius 1 is 1.04 bits per heavy atom. The summed E-state index contributed by atoms with van der Waals surface area (Å²) in [6.07, 6.45) is 3.57. The average Bonchev–Trinajstić information content (AvgIpc) is 2.69. The first-order chi connectivity index (χ1) is 13.1. The minimum atomic E-state index is -0.0710. The van der Waals surface area contributed by atoms with Crippen molar-refractivity contribution in [1.82, 2.24) is 10.3 Å². The van der Waals surface area contributed by atoms with Gasteiger partial charge in [0.05, 0.1) is 5.56 Å². The van der Waals surface area contributed by atoms with E-state index in [9.17, 15) is 4.79 Å². The van der Waals surface area contributed by atoms with Crippen molar-refractivity contribution in [1.29, 1.82) is 0 Å². The molecule has 3 aromatic rings. The number of benzene rings is 2. The first kappa shape index (κ1) is 19.2. The molecule has 4 heteroatoms. The van der Waals surface area contributed by atoms with Crippen molar-refractivity contribution in [2.24, 2.45) is 0 Å². The average molecular weight is 377 g/mol. The Morgan fingerprint density at radius 2 is 1.78 bits per heavy atom. The quantitative estimate of drug-likeness (QED) is 0.609. The lowest BCUT2D eigenvalue weighted by atomic mass is 10.1. The van der Waals surface area contributed by atoms with Gasteiger partial charge in [-0.1, -0.05) is 59.8 Å². The molecule has 2 aromatic carbocycles. The van der Waals surface area contributed by atoms with Crippen molar-refractivity contribution in [2.45, 2.75) is 42.7 Å². The summed E-state index contributed by atoms with van der Waals surface area (Å²) in [7, 11) is 0. The van der Waals surface area contributed by atoms with Crippen LogP contribution in [-0.2, 0) is 6.42 Å². The van der Waals surface area contributed by atoms with Crippen LogP contribution >= 0.6 is 11.8 Å². The van der Waals surface area contributed by atoms with Gasteiger partial charge in [-0.3, -0.25) is 4.79 Å². The number of hydrogen-bond acceptors (Lipinski definition) is 3. The van der Waals surface area contributed by atoms with E-state index in [0.717, 1.165) is 22.8 Å². The lowest BCUT2D eigenvalue weighted by Gasteiger charge is -2.15. The van der Waals surface area contributed by atoms with E-state index in [1.165, 1.54) is 22.9 Å². The van der Waals surface area contributed by atoms with Gasteiger partial charge in [-0.15, -0.1) is 0 Å². The van der Waals surface area contributed by atoms with E-state index in [1.54, 1.807) is 6.20 Å². The molecule has 1 atom stereocenters. The van der Waals surface area contributed by atoms with Crippen LogP contribution in [0.4, 0.5) is 0 Å². The van der Waals surface area contributed by atoms with Crippen molar-refractivity contribution in [2.75, 3.05) is 0 Å². The predicted octanol–water partition coefficient (Wildman–Crippen LogP) is 5.29. The zero-order valence-electron chi connectivity index (χ0n) is 15.7. The lowest BCUT2D eigenvalue weighted by molar-refractivity contribution is 0.0934. The van der Waals surface area contributed by atoms with Gasteiger partial charge in [-0.25, -0.2) is 4.98 Å². The lowest BCUT2D eigenvalue weighted by Crippen LogP contribution is -2.33. The van der Waals surface area contributed by atoms with Gasteiger partial charge in [0, 0.05) is 17.1 Å². The molecule has 1 amide bonds. The normalized spacial score (nSPS) is 11.8. The van der Waals surface area contributed by atoms with Crippen LogP contribution in [0.1, 0.15) is 34.8 Å². The van der Waals surface area contributed by atoms with Crippen LogP contribution in [0.3, 0.4) is 0 Å². The van der Waals surface area contributed by atoms with Crippen molar-refractivity contribution >= 4 is 17.7 Å². The third-order valence-corrected chi connectivity index (χ3v) is 5.36. The van der Waals surface area contributed by atoms with Gasteiger partial charge in [0.1, 0.15) is 5.03 Å². The maximum atomic E-state index is 12.8. The molecular formula is C23H24N2OS. The molecule has 138 valence electrons. The maximum absolute atomic E-state index is 12.8. The summed E-state index contributed by atoms with van der Waals surface area (Å²) in [5.74, 6) is -0.0710. The first-order valence-corrected chi connectivity index (χ1v) is 9.98. The van der Waals surface area contributed by atoms with Gasteiger partial charge in [0.2, 0.25) is 0 Å². The van der Waals surface area contributed by atoms with Gasteiger partial charge >= 0.3 is 0 Å². The van der Waals surface area contributed by atoms with Crippen LogP contribution in [0.25, 0.3) is 0 Å². The monoisotopic (exact) mass is 376 g/mol. The molecule has 0 radical (unpaired) electrons. The third-order valence-electron chi connectivity index (χ3n) is 4.34. The SMILES string of the molecule is Cc1ccc(Sc2ncccc2C(=O)N[C@H](C)CCc2ccccc2)cc1. The smallest absolute Gasteiger partial charge is 0.254 e.